The van der Waals surface area contributed by atoms with Crippen LogP contribution in [-0.2, 0) is 0 Å². The molecule has 1 atom stereocenters. The minimum atomic E-state index is -0.402. The highest BCUT2D eigenvalue weighted by atomic mass is 19.1. The van der Waals surface area contributed by atoms with Crippen LogP contribution in [0.3, 0.4) is 0 Å². The van der Waals surface area contributed by atoms with Gasteiger partial charge in [0.1, 0.15) is 5.82 Å². The maximum atomic E-state index is 13.5. The molecule has 0 spiro atoms. The van der Waals surface area contributed by atoms with Crippen LogP contribution in [0.25, 0.3) is 11.4 Å². The lowest BCUT2D eigenvalue weighted by atomic mass is 10.2. The molecule has 2 rings (SSSR count). The second-order valence-corrected chi connectivity index (χ2v) is 3.57. The Hall–Kier alpha value is -2.01. The Bertz CT molecular complexity index is 524. The summed E-state index contributed by atoms with van der Waals surface area (Å²) in [6.45, 7) is 3.58. The molecule has 0 bridgehead atoms. The van der Waals surface area contributed by atoms with Crippen LogP contribution in [0.2, 0.25) is 0 Å². The first-order chi connectivity index (χ1) is 8.22. The first-order valence-corrected chi connectivity index (χ1v) is 5.17. The van der Waals surface area contributed by atoms with Crippen molar-refractivity contribution in [2.75, 3.05) is 0 Å². The summed E-state index contributed by atoms with van der Waals surface area (Å²) in [5.74, 6) is 0.0953. The van der Waals surface area contributed by atoms with Crippen molar-refractivity contribution in [2.45, 2.75) is 12.5 Å². The van der Waals surface area contributed by atoms with Crippen LogP contribution < -0.4 is 5.73 Å². The fourth-order valence-electron chi connectivity index (χ4n) is 1.42. The van der Waals surface area contributed by atoms with Crippen molar-refractivity contribution in [2.24, 2.45) is 5.73 Å². The zero-order chi connectivity index (χ0) is 12.3. The Kier molecular flexibility index (Phi) is 3.30. The lowest BCUT2D eigenvalue weighted by molar-refractivity contribution is 0.355. The summed E-state index contributed by atoms with van der Waals surface area (Å²) in [5, 5.41) is 3.71. The minimum absolute atomic E-state index is 0.206. The number of hydrogen-bond acceptors (Lipinski definition) is 4. The molecule has 4 nitrogen and oxygen atoms in total. The third kappa shape index (κ3) is 2.39. The quantitative estimate of drug-likeness (QED) is 0.824. The second kappa shape index (κ2) is 4.88. The van der Waals surface area contributed by atoms with E-state index < -0.39 is 11.9 Å². The average molecular weight is 233 g/mol. The van der Waals surface area contributed by atoms with Gasteiger partial charge in [-0.1, -0.05) is 23.4 Å². The average Bonchev–Trinajstić information content (AvgIpc) is 2.79. The van der Waals surface area contributed by atoms with E-state index in [1.807, 2.05) is 0 Å². The van der Waals surface area contributed by atoms with E-state index in [9.17, 15) is 4.39 Å². The Labute approximate surface area is 97.9 Å². The molecule has 0 aliphatic heterocycles. The zero-order valence-electron chi connectivity index (χ0n) is 9.14. The van der Waals surface area contributed by atoms with Gasteiger partial charge in [0.05, 0.1) is 11.6 Å². The van der Waals surface area contributed by atoms with E-state index >= 15 is 0 Å². The molecule has 17 heavy (non-hydrogen) atoms. The van der Waals surface area contributed by atoms with E-state index in [4.69, 9.17) is 10.3 Å². The van der Waals surface area contributed by atoms with Gasteiger partial charge in [-0.2, -0.15) is 4.98 Å². The summed E-state index contributed by atoms with van der Waals surface area (Å²) in [4.78, 5) is 4.07. The molecule has 0 aliphatic carbocycles. The van der Waals surface area contributed by atoms with Crippen LogP contribution >= 0.6 is 0 Å². The number of aromatic nitrogens is 2. The van der Waals surface area contributed by atoms with Gasteiger partial charge in [0.2, 0.25) is 11.7 Å². The molecule has 0 amide bonds. The predicted molar refractivity (Wildman–Crippen MR) is 61.4 cm³/mol. The number of rotatable bonds is 4. The first-order valence-electron chi connectivity index (χ1n) is 5.17. The van der Waals surface area contributed by atoms with E-state index in [1.165, 1.54) is 6.07 Å². The van der Waals surface area contributed by atoms with Crippen molar-refractivity contribution < 1.29 is 8.91 Å². The molecule has 1 aromatic heterocycles. The molecule has 0 radical (unpaired) electrons. The van der Waals surface area contributed by atoms with E-state index in [0.29, 0.717) is 12.0 Å². The van der Waals surface area contributed by atoms with Gasteiger partial charge in [-0.3, -0.25) is 0 Å². The summed E-state index contributed by atoms with van der Waals surface area (Å²) >= 11 is 0. The van der Waals surface area contributed by atoms with Crippen molar-refractivity contribution in [3.8, 4) is 11.4 Å². The summed E-state index contributed by atoms with van der Waals surface area (Å²) < 4.78 is 18.5. The molecule has 0 saturated heterocycles. The Balaban J connectivity index is 2.30. The van der Waals surface area contributed by atoms with Crippen LogP contribution in [0, 0.1) is 5.82 Å². The molecule has 2 N–H and O–H groups in total. The maximum Gasteiger partial charge on any atom is 0.244 e. The molecule has 0 saturated carbocycles. The summed E-state index contributed by atoms with van der Waals surface area (Å²) in [5.41, 5.74) is 6.07. The maximum absolute atomic E-state index is 13.5. The highest BCUT2D eigenvalue weighted by molar-refractivity contribution is 5.54. The Morgan fingerprint density at radius 3 is 2.94 bits per heavy atom. The van der Waals surface area contributed by atoms with Gasteiger partial charge >= 0.3 is 0 Å². The van der Waals surface area contributed by atoms with Crippen molar-refractivity contribution in [3.63, 3.8) is 0 Å². The summed E-state index contributed by atoms with van der Waals surface area (Å²) in [6.07, 6.45) is 2.19. The van der Waals surface area contributed by atoms with E-state index in [2.05, 4.69) is 16.7 Å². The topological polar surface area (TPSA) is 64.9 Å². The first kappa shape index (κ1) is 11.5. The van der Waals surface area contributed by atoms with Gasteiger partial charge in [-0.25, -0.2) is 4.39 Å². The van der Waals surface area contributed by atoms with E-state index in [-0.39, 0.29) is 11.7 Å². The van der Waals surface area contributed by atoms with Gasteiger partial charge in [0, 0.05) is 0 Å². The van der Waals surface area contributed by atoms with Crippen molar-refractivity contribution in [3.05, 3.63) is 48.6 Å². The SMILES string of the molecule is C=CCC(N)c1nc(-c2ccccc2F)no1. The lowest BCUT2D eigenvalue weighted by Crippen LogP contribution is -2.09. The number of halogens is 1. The molecule has 1 unspecified atom stereocenters. The lowest BCUT2D eigenvalue weighted by Gasteiger charge is -2.00. The van der Waals surface area contributed by atoms with Crippen LogP contribution in [0.4, 0.5) is 4.39 Å². The molecule has 1 aromatic carbocycles. The smallest absolute Gasteiger partial charge is 0.244 e. The predicted octanol–water partition coefficient (Wildman–Crippen LogP) is 2.45. The van der Waals surface area contributed by atoms with Crippen molar-refractivity contribution in [1.82, 2.24) is 10.1 Å². The third-order valence-corrected chi connectivity index (χ3v) is 2.29. The fraction of sp³-hybridized carbons (Fsp3) is 0.167. The zero-order valence-corrected chi connectivity index (χ0v) is 9.14. The van der Waals surface area contributed by atoms with Crippen molar-refractivity contribution in [1.29, 1.82) is 0 Å². The van der Waals surface area contributed by atoms with Gasteiger partial charge < -0.3 is 10.3 Å². The number of nitrogens with zero attached hydrogens (tertiary/aromatic N) is 2. The normalized spacial score (nSPS) is 12.4. The highest BCUT2D eigenvalue weighted by Gasteiger charge is 2.16. The monoisotopic (exact) mass is 233 g/mol. The van der Waals surface area contributed by atoms with Crippen LogP contribution in [0.5, 0.6) is 0 Å². The van der Waals surface area contributed by atoms with E-state index in [0.717, 1.165) is 0 Å². The number of hydrogen-bond donors (Lipinski definition) is 1. The van der Waals surface area contributed by atoms with E-state index in [1.54, 1.807) is 24.3 Å². The number of nitrogens with two attached hydrogens (primary N) is 1. The Morgan fingerprint density at radius 1 is 1.47 bits per heavy atom. The molecule has 0 fully saturated rings. The van der Waals surface area contributed by atoms with Crippen LogP contribution in [0.15, 0.2) is 41.4 Å². The van der Waals surface area contributed by atoms with Crippen LogP contribution in [-0.4, -0.2) is 10.1 Å². The Morgan fingerprint density at radius 2 is 2.24 bits per heavy atom. The molecular weight excluding hydrogens is 221 g/mol. The fourth-order valence-corrected chi connectivity index (χ4v) is 1.42. The van der Waals surface area contributed by atoms with Gasteiger partial charge in [0.15, 0.2) is 0 Å². The highest BCUT2D eigenvalue weighted by Crippen LogP contribution is 2.21. The van der Waals surface area contributed by atoms with Gasteiger partial charge in [-0.05, 0) is 18.6 Å². The third-order valence-electron chi connectivity index (χ3n) is 2.29. The summed E-state index contributed by atoms with van der Waals surface area (Å²) in [7, 11) is 0. The summed E-state index contributed by atoms with van der Waals surface area (Å²) in [6, 6.07) is 5.83. The molecule has 2 aromatic rings. The van der Waals surface area contributed by atoms with Gasteiger partial charge in [-0.15, -0.1) is 6.58 Å². The second-order valence-electron chi connectivity index (χ2n) is 3.57. The minimum Gasteiger partial charge on any atom is -0.337 e. The molecule has 1 heterocycles. The molecule has 5 heteroatoms. The molecular formula is C12H12FN3O. The van der Waals surface area contributed by atoms with Gasteiger partial charge in [0.25, 0.3) is 0 Å². The van der Waals surface area contributed by atoms with Crippen LogP contribution in [0.1, 0.15) is 18.4 Å². The molecule has 88 valence electrons. The number of benzene rings is 1. The standard InChI is InChI=1S/C12H12FN3O/c1-2-5-10(14)12-15-11(16-17-12)8-6-3-4-7-9(8)13/h2-4,6-7,10H,1,5,14H2. The van der Waals surface area contributed by atoms with Crippen molar-refractivity contribution >= 4 is 0 Å². The molecule has 0 aliphatic rings. The largest absolute Gasteiger partial charge is 0.337 e.